The van der Waals surface area contributed by atoms with Crippen LogP contribution in [0.1, 0.15) is 5.56 Å². The predicted octanol–water partition coefficient (Wildman–Crippen LogP) is 3.55. The van der Waals surface area contributed by atoms with Crippen LogP contribution >= 0.6 is 11.8 Å². The Morgan fingerprint density at radius 3 is 2.52 bits per heavy atom. The summed E-state index contributed by atoms with van der Waals surface area (Å²) >= 11 is 1.55. The Hall–Kier alpha value is -2.14. The second kappa shape index (κ2) is 6.54. The summed E-state index contributed by atoms with van der Waals surface area (Å²) in [6.45, 7) is 0. The number of nitrogen functional groups attached to an aromatic ring is 1. The van der Waals surface area contributed by atoms with Crippen LogP contribution in [0.15, 0.2) is 47.4 Å². The second-order valence-electron chi connectivity index (χ2n) is 4.74. The van der Waals surface area contributed by atoms with Gasteiger partial charge in [-0.2, -0.15) is 0 Å². The van der Waals surface area contributed by atoms with Crippen LogP contribution < -0.4 is 15.4 Å². The number of benzene rings is 2. The van der Waals surface area contributed by atoms with Crippen molar-refractivity contribution in [1.82, 2.24) is 0 Å². The first-order valence-electron chi connectivity index (χ1n) is 6.49. The Morgan fingerprint density at radius 1 is 1.19 bits per heavy atom. The molecule has 3 N–H and O–H groups in total. The molecule has 2 aromatic rings. The summed E-state index contributed by atoms with van der Waals surface area (Å²) < 4.78 is 5.94. The van der Waals surface area contributed by atoms with Crippen molar-refractivity contribution in [3.05, 3.63) is 48.0 Å². The number of nitrogens with zero attached hydrogens (tertiary/aromatic N) is 1. The molecule has 0 amide bonds. The molecule has 0 fully saturated rings. The second-order valence-corrected chi connectivity index (χ2v) is 5.59. The molecule has 2 aromatic carbocycles. The Morgan fingerprint density at radius 2 is 1.90 bits per heavy atom. The van der Waals surface area contributed by atoms with Gasteiger partial charge in [-0.15, -0.1) is 11.8 Å². The van der Waals surface area contributed by atoms with E-state index in [0.717, 1.165) is 16.3 Å². The predicted molar refractivity (Wildman–Crippen MR) is 90.1 cm³/mol. The van der Waals surface area contributed by atoms with Crippen LogP contribution in [0.25, 0.3) is 0 Å². The third-order valence-electron chi connectivity index (χ3n) is 3.04. The van der Waals surface area contributed by atoms with Gasteiger partial charge in [0.1, 0.15) is 17.3 Å². The molecule has 110 valence electrons. The minimum Gasteiger partial charge on any atom is -0.456 e. The molecule has 0 bridgehead atoms. The molecule has 0 saturated heterocycles. The molecule has 0 aliphatic rings. The number of rotatable bonds is 5. The number of thioether (sulfide) groups is 1. The molecule has 5 heteroatoms. The van der Waals surface area contributed by atoms with Crippen molar-refractivity contribution in [2.45, 2.75) is 4.90 Å². The molecule has 0 aromatic heterocycles. The number of nitrogens with one attached hydrogen (secondary N) is 1. The first-order chi connectivity index (χ1) is 10.0. The molecule has 0 spiro atoms. The topological polar surface area (TPSA) is 62.3 Å². The molecule has 0 heterocycles. The zero-order chi connectivity index (χ0) is 15.4. The highest BCUT2D eigenvalue weighted by Crippen LogP contribution is 2.32. The first kappa shape index (κ1) is 15.3. The molecule has 2 rings (SSSR count). The molecule has 0 saturated carbocycles. The number of amidine groups is 1. The van der Waals surface area contributed by atoms with Crippen molar-refractivity contribution in [3.8, 4) is 11.5 Å². The van der Waals surface area contributed by atoms with E-state index in [4.69, 9.17) is 15.9 Å². The van der Waals surface area contributed by atoms with E-state index in [0.29, 0.717) is 11.3 Å². The SMILES string of the molecule is CSc1cccc(Oc2cccc(N(C)C)c2)c1C(=N)N. The van der Waals surface area contributed by atoms with Gasteiger partial charge in [-0.05, 0) is 30.5 Å². The Balaban J connectivity index is 2.40. The molecule has 0 radical (unpaired) electrons. The van der Waals surface area contributed by atoms with Gasteiger partial charge in [0.05, 0.1) is 5.56 Å². The van der Waals surface area contributed by atoms with Crippen molar-refractivity contribution in [1.29, 1.82) is 5.41 Å². The summed E-state index contributed by atoms with van der Waals surface area (Å²) in [5.41, 5.74) is 7.40. The summed E-state index contributed by atoms with van der Waals surface area (Å²) in [7, 11) is 3.96. The summed E-state index contributed by atoms with van der Waals surface area (Å²) in [6, 6.07) is 13.5. The van der Waals surface area contributed by atoms with Crippen LogP contribution in [-0.4, -0.2) is 26.2 Å². The third-order valence-corrected chi connectivity index (χ3v) is 3.82. The first-order valence-corrected chi connectivity index (χ1v) is 7.72. The summed E-state index contributed by atoms with van der Waals surface area (Å²) in [6.07, 6.45) is 1.96. The van der Waals surface area contributed by atoms with Crippen LogP contribution in [0, 0.1) is 5.41 Å². The van der Waals surface area contributed by atoms with Gasteiger partial charge in [-0.3, -0.25) is 5.41 Å². The van der Waals surface area contributed by atoms with Crippen molar-refractivity contribution >= 4 is 23.3 Å². The quantitative estimate of drug-likeness (QED) is 0.503. The molecule has 21 heavy (non-hydrogen) atoms. The van der Waals surface area contributed by atoms with Gasteiger partial charge in [0.2, 0.25) is 0 Å². The maximum absolute atomic E-state index is 7.77. The summed E-state index contributed by atoms with van der Waals surface area (Å²) in [5, 5.41) is 7.77. The molecular weight excluding hydrogens is 282 g/mol. The van der Waals surface area contributed by atoms with E-state index in [1.807, 2.05) is 67.7 Å². The van der Waals surface area contributed by atoms with Gasteiger partial charge in [-0.1, -0.05) is 12.1 Å². The molecule has 0 aliphatic carbocycles. The zero-order valence-electron chi connectivity index (χ0n) is 12.4. The molecule has 0 aliphatic heterocycles. The number of ether oxygens (including phenoxy) is 1. The van der Waals surface area contributed by atoms with E-state index in [1.165, 1.54) is 0 Å². The van der Waals surface area contributed by atoms with Gasteiger partial charge in [0, 0.05) is 30.7 Å². The van der Waals surface area contributed by atoms with Crippen LogP contribution in [0.4, 0.5) is 5.69 Å². The van der Waals surface area contributed by atoms with E-state index in [1.54, 1.807) is 11.8 Å². The maximum atomic E-state index is 7.77. The van der Waals surface area contributed by atoms with Gasteiger partial charge < -0.3 is 15.4 Å². The van der Waals surface area contributed by atoms with Crippen LogP contribution in [0.2, 0.25) is 0 Å². The fourth-order valence-corrected chi connectivity index (χ4v) is 2.61. The number of hydrogen-bond donors (Lipinski definition) is 2. The lowest BCUT2D eigenvalue weighted by Crippen LogP contribution is -2.13. The molecule has 4 nitrogen and oxygen atoms in total. The zero-order valence-corrected chi connectivity index (χ0v) is 13.2. The normalized spacial score (nSPS) is 10.2. The Kier molecular flexibility index (Phi) is 4.75. The van der Waals surface area contributed by atoms with Crippen LogP contribution in [0.5, 0.6) is 11.5 Å². The van der Waals surface area contributed by atoms with E-state index in [9.17, 15) is 0 Å². The van der Waals surface area contributed by atoms with Crippen molar-refractivity contribution < 1.29 is 4.74 Å². The van der Waals surface area contributed by atoms with Crippen molar-refractivity contribution in [2.24, 2.45) is 5.73 Å². The lowest BCUT2D eigenvalue weighted by atomic mass is 10.2. The summed E-state index contributed by atoms with van der Waals surface area (Å²) in [4.78, 5) is 2.95. The average Bonchev–Trinajstić information content (AvgIpc) is 2.46. The largest absolute Gasteiger partial charge is 0.456 e. The smallest absolute Gasteiger partial charge is 0.139 e. The van der Waals surface area contributed by atoms with Gasteiger partial charge in [-0.25, -0.2) is 0 Å². The number of hydrogen-bond acceptors (Lipinski definition) is 4. The highest BCUT2D eigenvalue weighted by Gasteiger charge is 2.13. The molecular formula is C16H19N3OS. The highest BCUT2D eigenvalue weighted by molar-refractivity contribution is 7.98. The highest BCUT2D eigenvalue weighted by atomic mass is 32.2. The average molecular weight is 301 g/mol. The lowest BCUT2D eigenvalue weighted by Gasteiger charge is -2.16. The number of anilines is 1. The molecule has 0 atom stereocenters. The maximum Gasteiger partial charge on any atom is 0.139 e. The Labute approximate surface area is 129 Å². The van der Waals surface area contributed by atoms with Gasteiger partial charge in [0.15, 0.2) is 0 Å². The monoisotopic (exact) mass is 301 g/mol. The lowest BCUT2D eigenvalue weighted by molar-refractivity contribution is 0.480. The Bertz CT molecular complexity index is 656. The van der Waals surface area contributed by atoms with E-state index in [2.05, 4.69) is 0 Å². The molecule has 0 unspecified atom stereocenters. The minimum atomic E-state index is 0.0127. The van der Waals surface area contributed by atoms with Crippen LogP contribution in [0.3, 0.4) is 0 Å². The van der Waals surface area contributed by atoms with Crippen molar-refractivity contribution in [3.63, 3.8) is 0 Å². The minimum absolute atomic E-state index is 0.0127. The summed E-state index contributed by atoms with van der Waals surface area (Å²) in [5.74, 6) is 1.34. The standard InChI is InChI=1S/C16H19N3OS/c1-19(2)11-6-4-7-12(10-11)20-13-8-5-9-14(21-3)15(13)16(17)18/h4-10H,1-3H3,(H3,17,18). The third kappa shape index (κ3) is 3.49. The van der Waals surface area contributed by atoms with E-state index < -0.39 is 0 Å². The van der Waals surface area contributed by atoms with Gasteiger partial charge >= 0.3 is 0 Å². The fourth-order valence-electron chi connectivity index (χ4n) is 1.98. The number of nitrogens with two attached hydrogens (primary N) is 1. The van der Waals surface area contributed by atoms with Gasteiger partial charge in [0.25, 0.3) is 0 Å². The van der Waals surface area contributed by atoms with E-state index in [-0.39, 0.29) is 5.84 Å². The van der Waals surface area contributed by atoms with E-state index >= 15 is 0 Å². The van der Waals surface area contributed by atoms with Crippen LogP contribution in [-0.2, 0) is 0 Å². The fraction of sp³-hybridized carbons (Fsp3) is 0.188. The van der Waals surface area contributed by atoms with Crippen molar-refractivity contribution in [2.75, 3.05) is 25.3 Å².